The van der Waals surface area contributed by atoms with Crippen LogP contribution in [0.25, 0.3) is 78.7 Å². The van der Waals surface area contributed by atoms with Gasteiger partial charge in [0.25, 0.3) is 0 Å². The van der Waals surface area contributed by atoms with Gasteiger partial charge in [0.15, 0.2) is 0 Å². The molecule has 0 amide bonds. The first-order chi connectivity index (χ1) is 39.8. The Morgan fingerprint density at radius 2 is 0.585 bits per heavy atom. The molecule has 0 radical (unpaired) electrons. The van der Waals surface area contributed by atoms with Gasteiger partial charge in [0.1, 0.15) is 0 Å². The summed E-state index contributed by atoms with van der Waals surface area (Å²) in [5.74, 6) is 66.1. The topological polar surface area (TPSA) is 1320 Å². The second-order valence-corrected chi connectivity index (χ2v) is 62.0. The van der Waals surface area contributed by atoms with Gasteiger partial charge in [0, 0.05) is 21.6 Å². The molecule has 20 unspecified atom stereocenters. The number of hydrogen-bond donors (Lipinski definition) is 23. The van der Waals surface area contributed by atoms with E-state index >= 15 is 0 Å². The molecule has 0 aliphatic rings. The third-order valence-electron chi connectivity index (χ3n) is 0.907. The van der Waals surface area contributed by atoms with Crippen molar-refractivity contribution >= 4 is 272 Å². The largest absolute Gasteiger partial charge is 0.715 e. The zero-order chi connectivity index (χ0) is 74.1. The summed E-state index contributed by atoms with van der Waals surface area (Å²) in [5, 5.41) is 78.5. The first kappa shape index (κ1) is 226. The van der Waals surface area contributed by atoms with Crippen LogP contribution in [0.5, 0.6) is 0 Å². The first-order valence-electron chi connectivity index (χ1n) is 14.1. The van der Waals surface area contributed by atoms with Gasteiger partial charge in [0.2, 0.25) is 0 Å². The van der Waals surface area contributed by atoms with E-state index in [0.717, 1.165) is 15.9 Å². The lowest BCUT2D eigenvalue weighted by molar-refractivity contribution is 0.859. The summed E-state index contributed by atoms with van der Waals surface area (Å²) in [4.78, 5) is 3.50. The number of hydrogen-bond acceptors (Lipinski definition) is 31. The van der Waals surface area contributed by atoms with Gasteiger partial charge in [-0.2, -0.15) is 44.9 Å². The van der Waals surface area contributed by atoms with Crippen LogP contribution in [0, 0.1) is 65.8 Å². The van der Waals surface area contributed by atoms with Crippen molar-refractivity contribution in [1.82, 2.24) is 30.8 Å². The molecular formula is H98N63P30S-15. The predicted molar refractivity (Wildman–Crippen MR) is 485 cm³/mol. The monoisotopic (exact) mass is 1940 g/mol. The van der Waals surface area contributed by atoms with Gasteiger partial charge in [-0.15, -0.1) is 136 Å². The quantitative estimate of drug-likeness (QED) is 0.0223. The molecule has 584 valence electrons. The maximum absolute atomic E-state index is 7.35. The molecule has 0 saturated heterocycles. The van der Waals surface area contributed by atoms with E-state index in [2.05, 4.69) is 341 Å². The summed E-state index contributed by atoms with van der Waals surface area (Å²) in [6.45, 7) is 0.544. The SMILES string of the molecule is N.N.N.N.N.N#N.N#N.N/N=N/N.N/N=N/N.N=N/N=N/N.N=N/N=N/N.N=N[NH-].N=N[NH-].P.PP.PP(P)P.PPP.PPP(P)P.P[P-]P.P[P-]P(P)P.S.[N-]=N.[N-]=N.[N-]=N/N=N/N.[N-]=N/N=N/N.[N-]=[N+]=N.[N-]=[N+]=N.[NH-]/N=N/N.[NH-]/N=N/N.[NH2-].[NH2-].[PH-]P.[PH-]P(P)P.[PH2-]. The Morgan fingerprint density at radius 1 is 0.489 bits per heavy atom. The zero-order valence-corrected chi connectivity index (χ0v) is 82.2. The standard InChI is InChI=1S/2H3N5.2H2N5.2H4N4.2H3N4.2H2N3.2HN3.2HN2.2N2.5H3N.2H2N.H7P5.H6P5.H6P4.H5P4.H5P3.H4P3.H4P2.H3P2.H3P.H2P.H2S/c4*1-3-5-4-2;4*1-3-4-2;4*1-3-2;4*1-2;;;;;;;;2*1-4-5(2)3;2*1-4(2)3;2*1-3-2;2*1-2;;;/h2*(H3,1,2,5);2*(H2-,1,2,5);2*(H2,1,4)(H2,2,3);2*(H3-,1,2,3,4);2*(H2-,1,2);2*1H;2*1H;;;5*1H3;2*1H2;4H,1-3H2;1-3H2;1-3H2;1H,2-3H2;3H,1-2H2;1-2H2;1-2H2;1H,2H2;1H3;2*1H2/q;;2*-1;;;4*-1;;;2*-1;;;;;;;;2*-1;;-1;;-1;;-1;;-1;;-1;. The molecule has 0 heterocycles. The molecule has 0 aliphatic heterocycles. The highest BCUT2D eigenvalue weighted by Crippen LogP contribution is 2.72. The lowest BCUT2D eigenvalue weighted by Crippen LogP contribution is -1.80. The first-order valence-corrected chi connectivity index (χ1v) is 56.0. The van der Waals surface area contributed by atoms with Crippen molar-refractivity contribution in [2.45, 2.75) is 0 Å². The van der Waals surface area contributed by atoms with Crippen molar-refractivity contribution in [3.63, 3.8) is 0 Å². The summed E-state index contributed by atoms with van der Waals surface area (Å²) >= 11 is 0. The lowest BCUT2D eigenvalue weighted by atomic mass is 12.5. The Labute approximate surface area is 616 Å². The van der Waals surface area contributed by atoms with E-state index in [1.165, 1.54) is 15.9 Å². The number of nitrogens with one attached hydrogen (secondary N) is 12. The van der Waals surface area contributed by atoms with E-state index in [1.807, 2.05) is 10.4 Å². The smallest absolute Gasteiger partial charge is 0 e. The molecule has 0 saturated carbocycles. The predicted octanol–water partition coefficient (Wildman–Crippen LogP) is 21.0. The minimum absolute atomic E-state index is 0. The normalized spacial score (nSPS) is 6.51. The Morgan fingerprint density at radius 3 is 0.585 bits per heavy atom. The maximum atomic E-state index is 7.35. The summed E-state index contributed by atoms with van der Waals surface area (Å²) in [5.41, 5.74) is 84.0. The minimum atomic E-state index is 0. The van der Waals surface area contributed by atoms with E-state index < -0.39 is 0 Å². The van der Waals surface area contributed by atoms with Crippen LogP contribution in [-0.4, -0.2) is 0 Å². The molecule has 0 bridgehead atoms. The van der Waals surface area contributed by atoms with Crippen molar-refractivity contribution < 1.29 is 0 Å². The van der Waals surface area contributed by atoms with E-state index in [9.17, 15) is 0 Å². The van der Waals surface area contributed by atoms with E-state index in [-0.39, 0.29) is 104 Å². The van der Waals surface area contributed by atoms with Crippen LogP contribution in [0.2, 0.25) is 0 Å². The van der Waals surface area contributed by atoms with Gasteiger partial charge in [-0.05, 0) is 55.8 Å². The van der Waals surface area contributed by atoms with Crippen molar-refractivity contribution in [2.24, 2.45) is 173 Å². The summed E-state index contributed by atoms with van der Waals surface area (Å²) in [6, 6.07) is 0. The lowest BCUT2D eigenvalue weighted by Gasteiger charge is -2.13. The summed E-state index contributed by atoms with van der Waals surface area (Å²) < 4.78 is 0. The van der Waals surface area contributed by atoms with Gasteiger partial charge in [-0.25, -0.2) is 24.4 Å². The minimum Gasteiger partial charge on any atom is -0.715 e. The van der Waals surface area contributed by atoms with Crippen LogP contribution < -0.4 is 89.2 Å². The van der Waals surface area contributed by atoms with Gasteiger partial charge < -0.3 is 222 Å². The average Bonchev–Trinajstić information content (AvgIpc) is 3.49. The highest BCUT2D eigenvalue weighted by molar-refractivity contribution is 8.77. The van der Waals surface area contributed by atoms with Crippen molar-refractivity contribution in [2.75, 3.05) is 0 Å². The Kier molecular flexibility index (Phi) is 1160. The fourth-order valence-corrected chi connectivity index (χ4v) is 0.0978. The molecule has 0 fully saturated rings. The highest BCUT2D eigenvalue weighted by atomic mass is 32.8. The molecular weight excluding hydrogens is 1840 g/mol. The van der Waals surface area contributed by atoms with Crippen LogP contribution in [0.4, 0.5) is 0 Å². The number of rotatable bonds is 6. The van der Waals surface area contributed by atoms with Gasteiger partial charge >= 0.3 is 0 Å². The van der Waals surface area contributed by atoms with Crippen LogP contribution >= 0.6 is 272 Å². The molecule has 51 N–H and O–H groups in total. The summed E-state index contributed by atoms with van der Waals surface area (Å²) in [7, 11) is 57.3. The van der Waals surface area contributed by atoms with E-state index in [1.54, 1.807) is 9.82 Å². The molecule has 0 aromatic heterocycles. The highest BCUT2D eigenvalue weighted by Gasteiger charge is 1.78. The van der Waals surface area contributed by atoms with E-state index in [0.29, 0.717) is 0 Å². The number of nitrogens with two attached hydrogens (primary N) is 12. The van der Waals surface area contributed by atoms with Crippen molar-refractivity contribution in [3.05, 3.63) is 78.7 Å². The molecule has 0 aliphatic carbocycles. The molecule has 0 aromatic carbocycles. The Bertz CT molecular complexity index is 1080. The van der Waals surface area contributed by atoms with Crippen LogP contribution in [0.3, 0.4) is 0 Å². The summed E-state index contributed by atoms with van der Waals surface area (Å²) in [6.07, 6.45) is 0. The zero-order valence-electron chi connectivity index (χ0n) is 48.5. The fraction of sp³-hybridized carbons (Fsp3) is 0. The Hall–Kier alpha value is 1.23. The van der Waals surface area contributed by atoms with Gasteiger partial charge in [-0.3, -0.25) is 68.6 Å². The average molecular weight is 1940 g/mol. The van der Waals surface area contributed by atoms with Crippen LogP contribution in [0.1, 0.15) is 0 Å². The third-order valence-corrected chi connectivity index (χ3v) is 23.5. The molecule has 94 heavy (non-hydrogen) atoms. The third kappa shape index (κ3) is 2670. The maximum Gasteiger partial charge on any atom is 0 e. The molecule has 20 atom stereocenters. The van der Waals surface area contributed by atoms with E-state index in [4.69, 9.17) is 122 Å². The second-order valence-electron chi connectivity index (χ2n) is 4.72. The van der Waals surface area contributed by atoms with Crippen molar-refractivity contribution in [1.29, 1.82) is 65.8 Å². The fourth-order valence-electron chi connectivity index (χ4n) is 0.0978. The van der Waals surface area contributed by atoms with Crippen LogP contribution in [0.15, 0.2) is 115 Å². The number of nitrogens with zero attached hydrogens (tertiary/aromatic N) is 34. The second kappa shape index (κ2) is 482. The molecule has 94 heteroatoms. The molecule has 0 rings (SSSR count). The molecule has 0 aromatic rings. The van der Waals surface area contributed by atoms with Gasteiger partial charge in [-0.1, -0.05) is 47.3 Å². The van der Waals surface area contributed by atoms with Crippen molar-refractivity contribution in [3.8, 4) is 0 Å². The van der Waals surface area contributed by atoms with Gasteiger partial charge in [0.05, 0.1) is 0 Å². The van der Waals surface area contributed by atoms with Crippen LogP contribution in [-0.2, 0) is 0 Å². The Balaban J connectivity index is -0.0000000125. The molecule has 0 spiro atoms. The molecule has 63 nitrogen and oxygen atoms in total.